The van der Waals surface area contributed by atoms with Gasteiger partial charge in [0.15, 0.2) is 0 Å². The highest BCUT2D eigenvalue weighted by Gasteiger charge is 2.18. The minimum Gasteiger partial charge on any atom is -0.378 e. The van der Waals surface area contributed by atoms with E-state index in [2.05, 4.69) is 13.5 Å². The zero-order valence-corrected chi connectivity index (χ0v) is 7.38. The van der Waals surface area contributed by atoms with Crippen LogP contribution in [0.2, 0.25) is 0 Å². The highest BCUT2D eigenvalue weighted by Crippen LogP contribution is 2.22. The molecule has 0 N–H and O–H groups in total. The summed E-state index contributed by atoms with van der Waals surface area (Å²) >= 11 is 0. The molecule has 11 heavy (non-hydrogen) atoms. The normalized spacial score (nSPS) is 32.8. The highest BCUT2D eigenvalue weighted by atomic mass is 16.5. The predicted octanol–water partition coefficient (Wildman–Crippen LogP) is 2.77. The van der Waals surface area contributed by atoms with Crippen LogP contribution in [0.25, 0.3) is 0 Å². The van der Waals surface area contributed by atoms with E-state index in [1.807, 2.05) is 6.08 Å². The lowest BCUT2D eigenvalue weighted by atomic mass is 9.97. The van der Waals surface area contributed by atoms with Gasteiger partial charge in [0.25, 0.3) is 0 Å². The van der Waals surface area contributed by atoms with Crippen LogP contribution in [-0.4, -0.2) is 12.7 Å². The highest BCUT2D eigenvalue weighted by molar-refractivity contribution is 4.78. The van der Waals surface area contributed by atoms with Crippen LogP contribution in [-0.2, 0) is 4.74 Å². The third kappa shape index (κ3) is 2.66. The summed E-state index contributed by atoms with van der Waals surface area (Å²) in [5, 5.41) is 0. The van der Waals surface area contributed by atoms with E-state index in [4.69, 9.17) is 4.74 Å². The average Bonchev–Trinajstić information content (AvgIpc) is 2.18. The Bertz CT molecular complexity index is 120. The number of hydrogen-bond acceptors (Lipinski definition) is 1. The largest absolute Gasteiger partial charge is 0.378 e. The van der Waals surface area contributed by atoms with Crippen LogP contribution in [0.5, 0.6) is 0 Å². The zero-order chi connectivity index (χ0) is 8.10. The molecular formula is C10H18O. The molecule has 0 saturated carbocycles. The van der Waals surface area contributed by atoms with Gasteiger partial charge in [-0.2, -0.15) is 0 Å². The van der Waals surface area contributed by atoms with Crippen LogP contribution >= 0.6 is 0 Å². The molecule has 0 aliphatic carbocycles. The summed E-state index contributed by atoms with van der Waals surface area (Å²) in [7, 11) is 0. The first kappa shape index (κ1) is 8.79. The topological polar surface area (TPSA) is 9.23 Å². The van der Waals surface area contributed by atoms with Crippen LogP contribution in [0.3, 0.4) is 0 Å². The van der Waals surface area contributed by atoms with Crippen LogP contribution in [0, 0.1) is 5.92 Å². The van der Waals surface area contributed by atoms with E-state index >= 15 is 0 Å². The van der Waals surface area contributed by atoms with Crippen molar-refractivity contribution in [1.82, 2.24) is 0 Å². The van der Waals surface area contributed by atoms with E-state index in [0.717, 1.165) is 18.9 Å². The zero-order valence-electron chi connectivity index (χ0n) is 7.38. The molecule has 1 heteroatoms. The Morgan fingerprint density at radius 3 is 3.09 bits per heavy atom. The van der Waals surface area contributed by atoms with Crippen molar-refractivity contribution >= 4 is 0 Å². The van der Waals surface area contributed by atoms with Crippen LogP contribution in [0.15, 0.2) is 12.7 Å². The first-order valence-electron chi connectivity index (χ1n) is 4.57. The lowest BCUT2D eigenvalue weighted by Gasteiger charge is -2.19. The van der Waals surface area contributed by atoms with Crippen molar-refractivity contribution in [3.8, 4) is 0 Å². The van der Waals surface area contributed by atoms with Crippen molar-refractivity contribution < 1.29 is 4.74 Å². The van der Waals surface area contributed by atoms with Crippen molar-refractivity contribution in [2.24, 2.45) is 5.92 Å². The lowest BCUT2D eigenvalue weighted by molar-refractivity contribution is 0.0329. The van der Waals surface area contributed by atoms with Gasteiger partial charge in [0.1, 0.15) is 0 Å². The van der Waals surface area contributed by atoms with Gasteiger partial charge in [-0.25, -0.2) is 0 Å². The second kappa shape index (κ2) is 4.55. The Kier molecular flexibility index (Phi) is 3.64. The Hall–Kier alpha value is -0.300. The smallest absolute Gasteiger partial charge is 0.0634 e. The molecule has 0 aromatic carbocycles. The van der Waals surface area contributed by atoms with Gasteiger partial charge in [0.2, 0.25) is 0 Å². The summed E-state index contributed by atoms with van der Waals surface area (Å²) in [6.45, 7) is 6.96. The summed E-state index contributed by atoms with van der Waals surface area (Å²) < 4.78 is 5.68. The molecule has 1 saturated heterocycles. The van der Waals surface area contributed by atoms with Gasteiger partial charge in [-0.05, 0) is 25.2 Å². The quantitative estimate of drug-likeness (QED) is 0.556. The summed E-state index contributed by atoms with van der Waals surface area (Å²) in [5.74, 6) is 0.718. The Balaban J connectivity index is 2.38. The summed E-state index contributed by atoms with van der Waals surface area (Å²) in [6.07, 6.45) is 7.30. The minimum absolute atomic E-state index is 0.440. The molecule has 1 aliphatic heterocycles. The van der Waals surface area contributed by atoms with E-state index in [1.54, 1.807) is 0 Å². The summed E-state index contributed by atoms with van der Waals surface area (Å²) in [6, 6.07) is 0. The SMILES string of the molecule is C=CC[C@@H]1OCCCC[C@H]1C. The van der Waals surface area contributed by atoms with E-state index in [-0.39, 0.29) is 0 Å². The maximum atomic E-state index is 5.68. The average molecular weight is 154 g/mol. The Labute approximate surface area is 69.4 Å². The van der Waals surface area contributed by atoms with E-state index in [9.17, 15) is 0 Å². The van der Waals surface area contributed by atoms with E-state index < -0.39 is 0 Å². The number of hydrogen-bond donors (Lipinski definition) is 0. The molecule has 1 fully saturated rings. The standard InChI is InChI=1S/C10H18O/c1-3-6-10-9(2)7-4-5-8-11-10/h3,9-10H,1,4-8H2,2H3/t9-,10+/m1/s1. The number of rotatable bonds is 2. The van der Waals surface area contributed by atoms with Gasteiger partial charge in [0.05, 0.1) is 6.10 Å². The Morgan fingerprint density at radius 2 is 2.36 bits per heavy atom. The molecule has 1 rings (SSSR count). The molecule has 0 aromatic rings. The predicted molar refractivity (Wildman–Crippen MR) is 47.6 cm³/mol. The van der Waals surface area contributed by atoms with Crippen LogP contribution < -0.4 is 0 Å². The van der Waals surface area contributed by atoms with Crippen molar-refractivity contribution in [2.45, 2.75) is 38.7 Å². The Morgan fingerprint density at radius 1 is 1.55 bits per heavy atom. The molecule has 0 unspecified atom stereocenters. The fourth-order valence-corrected chi connectivity index (χ4v) is 1.62. The van der Waals surface area contributed by atoms with Gasteiger partial charge in [-0.15, -0.1) is 6.58 Å². The fraction of sp³-hybridized carbons (Fsp3) is 0.800. The third-order valence-electron chi connectivity index (χ3n) is 2.42. The molecule has 0 aromatic heterocycles. The van der Waals surface area contributed by atoms with Gasteiger partial charge in [0, 0.05) is 6.61 Å². The third-order valence-corrected chi connectivity index (χ3v) is 2.42. The van der Waals surface area contributed by atoms with Crippen molar-refractivity contribution in [2.75, 3.05) is 6.61 Å². The monoisotopic (exact) mass is 154 g/mol. The molecule has 0 radical (unpaired) electrons. The summed E-state index contributed by atoms with van der Waals surface area (Å²) in [5.41, 5.74) is 0. The molecular weight excluding hydrogens is 136 g/mol. The molecule has 1 aliphatic rings. The first-order valence-corrected chi connectivity index (χ1v) is 4.57. The number of ether oxygens (including phenoxy) is 1. The van der Waals surface area contributed by atoms with Crippen molar-refractivity contribution in [1.29, 1.82) is 0 Å². The molecule has 0 bridgehead atoms. The molecule has 64 valence electrons. The maximum Gasteiger partial charge on any atom is 0.0634 e. The fourth-order valence-electron chi connectivity index (χ4n) is 1.62. The van der Waals surface area contributed by atoms with Crippen LogP contribution in [0.4, 0.5) is 0 Å². The van der Waals surface area contributed by atoms with E-state index in [1.165, 1.54) is 19.3 Å². The molecule has 0 amide bonds. The molecule has 2 atom stereocenters. The van der Waals surface area contributed by atoms with Gasteiger partial charge in [-0.3, -0.25) is 0 Å². The summed E-state index contributed by atoms with van der Waals surface area (Å²) in [4.78, 5) is 0. The lowest BCUT2D eigenvalue weighted by Crippen LogP contribution is -2.19. The van der Waals surface area contributed by atoms with E-state index in [0.29, 0.717) is 6.10 Å². The second-order valence-electron chi connectivity index (χ2n) is 3.41. The molecule has 0 spiro atoms. The molecule has 1 nitrogen and oxygen atoms in total. The second-order valence-corrected chi connectivity index (χ2v) is 3.41. The molecule has 1 heterocycles. The van der Waals surface area contributed by atoms with Crippen LogP contribution in [0.1, 0.15) is 32.6 Å². The van der Waals surface area contributed by atoms with Crippen molar-refractivity contribution in [3.63, 3.8) is 0 Å². The van der Waals surface area contributed by atoms with Crippen molar-refractivity contribution in [3.05, 3.63) is 12.7 Å². The van der Waals surface area contributed by atoms with Gasteiger partial charge in [-0.1, -0.05) is 19.4 Å². The minimum atomic E-state index is 0.440. The maximum absolute atomic E-state index is 5.68. The first-order chi connectivity index (χ1) is 5.34. The van der Waals surface area contributed by atoms with Gasteiger partial charge >= 0.3 is 0 Å². The van der Waals surface area contributed by atoms with Gasteiger partial charge < -0.3 is 4.74 Å².